The number of rotatable bonds is 7. The third-order valence-electron chi connectivity index (χ3n) is 7.50. The Morgan fingerprint density at radius 1 is 1.04 bits per heavy atom. The van der Waals surface area contributed by atoms with Gasteiger partial charge >= 0.3 is 6.09 Å². The van der Waals surface area contributed by atoms with Gasteiger partial charge in [0.25, 0.3) is 0 Å². The summed E-state index contributed by atoms with van der Waals surface area (Å²) in [5.74, 6) is 2.42. The number of anilines is 1. The standard InChI is InChI=1S/C34H36FN7O4/c1-21-38-17-22(18-39-21)20-44-27-14-25(35)15-28(16-27)45-26-9-7-23(8-10-26)29-30-31(36)37-11-13-42(30)32(40-29)24-6-5-12-41(19-24)33(43)46-34(2,3)4/h7-11,13-18,24H,5-6,12,19-20H2,1-4H3,(H2,36,37). The lowest BCUT2D eigenvalue weighted by Crippen LogP contribution is -2.42. The second kappa shape index (κ2) is 12.6. The van der Waals surface area contributed by atoms with Crippen molar-refractivity contribution in [2.75, 3.05) is 18.8 Å². The zero-order valence-corrected chi connectivity index (χ0v) is 26.2. The number of aryl methyl sites for hydroxylation is 1. The largest absolute Gasteiger partial charge is 0.489 e. The number of imidazole rings is 1. The van der Waals surface area contributed by atoms with Crippen LogP contribution in [0.5, 0.6) is 17.2 Å². The van der Waals surface area contributed by atoms with Crippen LogP contribution in [0, 0.1) is 12.7 Å². The zero-order chi connectivity index (χ0) is 32.4. The summed E-state index contributed by atoms with van der Waals surface area (Å²) in [4.78, 5) is 32.3. The molecule has 0 bridgehead atoms. The van der Waals surface area contributed by atoms with Gasteiger partial charge in [0, 0.05) is 73.1 Å². The summed E-state index contributed by atoms with van der Waals surface area (Å²) in [6, 6.07) is 11.5. The van der Waals surface area contributed by atoms with Crippen LogP contribution in [0.3, 0.4) is 0 Å². The topological polar surface area (TPSA) is 130 Å². The molecule has 1 amide bonds. The predicted molar refractivity (Wildman–Crippen MR) is 170 cm³/mol. The van der Waals surface area contributed by atoms with E-state index in [1.807, 2.05) is 43.5 Å². The molecule has 12 heteroatoms. The van der Waals surface area contributed by atoms with Gasteiger partial charge in [-0.15, -0.1) is 0 Å². The van der Waals surface area contributed by atoms with Crippen LogP contribution in [0.25, 0.3) is 16.8 Å². The molecule has 6 rings (SSSR count). The minimum Gasteiger partial charge on any atom is -0.489 e. The van der Waals surface area contributed by atoms with E-state index in [-0.39, 0.29) is 24.4 Å². The summed E-state index contributed by atoms with van der Waals surface area (Å²) in [6.07, 6.45) is 8.20. The highest BCUT2D eigenvalue weighted by molar-refractivity contribution is 5.85. The molecule has 1 atom stereocenters. The number of likely N-dealkylation sites (tertiary alicyclic amines) is 1. The Bertz CT molecular complexity index is 1850. The van der Waals surface area contributed by atoms with Gasteiger partial charge in [0.1, 0.15) is 64.0 Å². The molecular weight excluding hydrogens is 589 g/mol. The molecule has 11 nitrogen and oxygen atoms in total. The maximum absolute atomic E-state index is 14.4. The Balaban J connectivity index is 1.21. The van der Waals surface area contributed by atoms with Gasteiger partial charge in [-0.05, 0) is 64.8 Å². The maximum atomic E-state index is 14.4. The van der Waals surface area contributed by atoms with Crippen LogP contribution in [0.2, 0.25) is 0 Å². The summed E-state index contributed by atoms with van der Waals surface area (Å²) in [5.41, 5.74) is 8.73. The lowest BCUT2D eigenvalue weighted by molar-refractivity contribution is 0.0195. The quantitative estimate of drug-likeness (QED) is 0.210. The molecule has 2 N–H and O–H groups in total. The van der Waals surface area contributed by atoms with Gasteiger partial charge in [-0.1, -0.05) is 0 Å². The van der Waals surface area contributed by atoms with Crippen molar-refractivity contribution in [1.29, 1.82) is 0 Å². The van der Waals surface area contributed by atoms with Gasteiger partial charge in [0.05, 0.1) is 0 Å². The van der Waals surface area contributed by atoms with E-state index >= 15 is 0 Å². The number of nitrogens with two attached hydrogens (primary N) is 1. The lowest BCUT2D eigenvalue weighted by atomic mass is 9.97. The van der Waals surface area contributed by atoms with Crippen LogP contribution in [-0.4, -0.2) is 54.0 Å². The number of halogens is 1. The predicted octanol–water partition coefficient (Wildman–Crippen LogP) is 6.70. The van der Waals surface area contributed by atoms with Crippen molar-refractivity contribution >= 4 is 17.4 Å². The van der Waals surface area contributed by atoms with Gasteiger partial charge in [0.15, 0.2) is 0 Å². The fraction of sp³-hybridized carbons (Fsp3) is 0.324. The smallest absolute Gasteiger partial charge is 0.410 e. The van der Waals surface area contributed by atoms with Crippen molar-refractivity contribution in [3.8, 4) is 28.5 Å². The minimum atomic E-state index is -0.574. The molecule has 1 saturated heterocycles. The van der Waals surface area contributed by atoms with E-state index in [0.717, 1.165) is 29.8 Å². The third-order valence-corrected chi connectivity index (χ3v) is 7.50. The summed E-state index contributed by atoms with van der Waals surface area (Å²) >= 11 is 0. The molecule has 1 aliphatic rings. The average molecular weight is 626 g/mol. The number of nitrogen functional groups attached to an aromatic ring is 1. The van der Waals surface area contributed by atoms with Crippen molar-refractivity contribution in [3.05, 3.63) is 90.3 Å². The molecule has 0 radical (unpaired) electrons. The van der Waals surface area contributed by atoms with Crippen molar-refractivity contribution in [1.82, 2.24) is 29.2 Å². The Morgan fingerprint density at radius 3 is 2.52 bits per heavy atom. The second-order valence-corrected chi connectivity index (χ2v) is 12.3. The summed E-state index contributed by atoms with van der Waals surface area (Å²) in [5, 5.41) is 0. The second-order valence-electron chi connectivity index (χ2n) is 12.3. The molecule has 0 saturated carbocycles. The molecule has 1 unspecified atom stereocenters. The SMILES string of the molecule is Cc1ncc(COc2cc(F)cc(Oc3ccc(-c4nc(C5CCCN(C(=O)OC(C)(C)C)C5)n5ccnc(N)c45)cc3)c2)cn1. The molecule has 1 aliphatic heterocycles. The van der Waals surface area contributed by atoms with E-state index in [4.69, 9.17) is 24.9 Å². The van der Waals surface area contributed by atoms with Crippen molar-refractivity contribution < 1.29 is 23.4 Å². The van der Waals surface area contributed by atoms with E-state index in [1.54, 1.807) is 48.6 Å². The number of nitrogens with zero attached hydrogens (tertiary/aromatic N) is 6. The Kier molecular flexibility index (Phi) is 8.44. The average Bonchev–Trinajstić information content (AvgIpc) is 3.41. The number of carbonyl (C=O) groups excluding carboxylic acids is 1. The third kappa shape index (κ3) is 7.01. The number of benzene rings is 2. The number of carbonyl (C=O) groups is 1. The lowest BCUT2D eigenvalue weighted by Gasteiger charge is -2.33. The maximum Gasteiger partial charge on any atom is 0.410 e. The van der Waals surface area contributed by atoms with Crippen LogP contribution in [0.15, 0.2) is 67.3 Å². The van der Waals surface area contributed by atoms with E-state index in [0.29, 0.717) is 47.4 Å². The number of hydrogen-bond donors (Lipinski definition) is 1. The van der Waals surface area contributed by atoms with Crippen LogP contribution < -0.4 is 15.2 Å². The Morgan fingerprint density at radius 2 is 1.78 bits per heavy atom. The molecular formula is C34H36FN7O4. The fourth-order valence-electron chi connectivity index (χ4n) is 5.41. The van der Waals surface area contributed by atoms with Gasteiger partial charge < -0.3 is 24.8 Å². The van der Waals surface area contributed by atoms with Crippen LogP contribution in [0.4, 0.5) is 15.0 Å². The zero-order valence-electron chi connectivity index (χ0n) is 26.2. The number of piperidine rings is 1. The van der Waals surface area contributed by atoms with Crippen molar-refractivity contribution in [2.45, 2.75) is 58.7 Å². The van der Waals surface area contributed by atoms with Crippen molar-refractivity contribution in [2.24, 2.45) is 0 Å². The molecule has 1 fully saturated rings. The number of hydrogen-bond acceptors (Lipinski definition) is 9. The first-order valence-electron chi connectivity index (χ1n) is 15.1. The number of amides is 1. The van der Waals surface area contributed by atoms with E-state index in [2.05, 4.69) is 15.0 Å². The number of ether oxygens (including phenoxy) is 3. The minimum absolute atomic E-state index is 0.0187. The van der Waals surface area contributed by atoms with E-state index < -0.39 is 11.4 Å². The molecule has 2 aromatic carbocycles. The Labute approximate surface area is 266 Å². The first kappa shape index (κ1) is 30.8. The van der Waals surface area contributed by atoms with Crippen molar-refractivity contribution in [3.63, 3.8) is 0 Å². The molecule has 0 spiro atoms. The molecule has 238 valence electrons. The highest BCUT2D eigenvalue weighted by Gasteiger charge is 2.31. The van der Waals surface area contributed by atoms with Crippen LogP contribution in [0.1, 0.15) is 56.7 Å². The first-order chi connectivity index (χ1) is 22.0. The van der Waals surface area contributed by atoms with Gasteiger partial charge in [0.2, 0.25) is 0 Å². The van der Waals surface area contributed by atoms with Crippen LogP contribution in [-0.2, 0) is 11.3 Å². The van der Waals surface area contributed by atoms with Gasteiger partial charge in [-0.2, -0.15) is 0 Å². The molecule has 5 aromatic rings. The Hall–Kier alpha value is -5.26. The molecule has 3 aromatic heterocycles. The number of aromatic nitrogens is 5. The van der Waals surface area contributed by atoms with Gasteiger partial charge in [-0.3, -0.25) is 4.40 Å². The van der Waals surface area contributed by atoms with Crippen LogP contribution >= 0.6 is 0 Å². The number of fused-ring (bicyclic) bond motifs is 1. The monoisotopic (exact) mass is 625 g/mol. The van der Waals surface area contributed by atoms with Gasteiger partial charge in [-0.25, -0.2) is 29.1 Å². The molecule has 4 heterocycles. The molecule has 46 heavy (non-hydrogen) atoms. The van der Waals surface area contributed by atoms with E-state index in [9.17, 15) is 9.18 Å². The fourth-order valence-corrected chi connectivity index (χ4v) is 5.41. The summed E-state index contributed by atoms with van der Waals surface area (Å²) < 4.78 is 33.8. The first-order valence-corrected chi connectivity index (χ1v) is 15.1. The normalized spacial score (nSPS) is 15.2. The highest BCUT2D eigenvalue weighted by atomic mass is 19.1. The molecule has 0 aliphatic carbocycles. The highest BCUT2D eigenvalue weighted by Crippen LogP contribution is 2.35. The van der Waals surface area contributed by atoms with E-state index in [1.165, 1.54) is 12.1 Å². The summed E-state index contributed by atoms with van der Waals surface area (Å²) in [6.45, 7) is 8.70. The summed E-state index contributed by atoms with van der Waals surface area (Å²) in [7, 11) is 0.